The van der Waals surface area contributed by atoms with Gasteiger partial charge >= 0.3 is 0 Å². The molecule has 0 saturated heterocycles. The minimum atomic E-state index is -0.605. The van der Waals surface area contributed by atoms with E-state index in [1.807, 2.05) is 0 Å². The van der Waals surface area contributed by atoms with Crippen LogP contribution in [0.25, 0.3) is 21.9 Å². The molecule has 0 bridgehead atoms. The lowest BCUT2D eigenvalue weighted by atomic mass is 9.97. The predicted octanol–water partition coefficient (Wildman–Crippen LogP) is 1.69. The minimum Gasteiger partial charge on any atom is -0.397 e. The molecule has 3 rings (SSSR count). The Balaban J connectivity index is 1.30. The van der Waals surface area contributed by atoms with Gasteiger partial charge < -0.3 is 46.8 Å². The van der Waals surface area contributed by atoms with E-state index in [0.717, 1.165) is 0 Å². The van der Waals surface area contributed by atoms with Crippen molar-refractivity contribution in [3.63, 3.8) is 0 Å². The van der Waals surface area contributed by atoms with Gasteiger partial charge in [0.15, 0.2) is 5.82 Å². The summed E-state index contributed by atoms with van der Waals surface area (Å²) in [7, 11) is 0. The molecule has 3 aromatic rings. The number of anilines is 3. The third kappa shape index (κ3) is 11.5. The summed E-state index contributed by atoms with van der Waals surface area (Å²) in [6, 6.07) is 3.21. The number of hydrogen-bond acceptors (Lipinski definition) is 11. The van der Waals surface area contributed by atoms with Crippen LogP contribution in [0.3, 0.4) is 0 Å². The van der Waals surface area contributed by atoms with Crippen molar-refractivity contribution in [2.75, 3.05) is 76.2 Å². The summed E-state index contributed by atoms with van der Waals surface area (Å²) < 4.78 is 36.4. The molecule has 0 radical (unpaired) electrons. The smallest absolute Gasteiger partial charge is 0.227 e. The first kappa shape index (κ1) is 35.0. The average Bonchev–Trinajstić information content (AvgIpc) is 3.00. The van der Waals surface area contributed by atoms with Crippen LogP contribution >= 0.6 is 0 Å². The van der Waals surface area contributed by atoms with Crippen molar-refractivity contribution in [2.45, 2.75) is 26.2 Å². The lowest BCUT2D eigenvalue weighted by molar-refractivity contribution is -0.122. The van der Waals surface area contributed by atoms with Gasteiger partial charge in [-0.1, -0.05) is 0 Å². The molecule has 2 aromatic heterocycles. The summed E-state index contributed by atoms with van der Waals surface area (Å²) in [5.74, 6) is -1.37. The molecule has 0 aliphatic heterocycles. The zero-order chi connectivity index (χ0) is 32.6. The van der Waals surface area contributed by atoms with Crippen molar-refractivity contribution in [1.82, 2.24) is 15.3 Å². The van der Waals surface area contributed by atoms with E-state index < -0.39 is 11.7 Å². The van der Waals surface area contributed by atoms with Crippen molar-refractivity contribution >= 4 is 45.7 Å². The van der Waals surface area contributed by atoms with Gasteiger partial charge in [-0.2, -0.15) is 0 Å². The van der Waals surface area contributed by atoms with Gasteiger partial charge in [0.1, 0.15) is 5.82 Å². The minimum absolute atomic E-state index is 0.0205. The summed E-state index contributed by atoms with van der Waals surface area (Å²) in [6.45, 7) is 4.58. The van der Waals surface area contributed by atoms with Gasteiger partial charge in [0, 0.05) is 54.7 Å². The first-order chi connectivity index (χ1) is 21.7. The first-order valence-electron chi connectivity index (χ1n) is 14.4. The molecule has 14 nitrogen and oxygen atoms in total. The van der Waals surface area contributed by atoms with E-state index >= 15 is 4.39 Å². The Hall–Kier alpha value is -4.44. The Morgan fingerprint density at radius 2 is 1.42 bits per heavy atom. The van der Waals surface area contributed by atoms with Crippen LogP contribution in [0, 0.1) is 12.7 Å². The van der Waals surface area contributed by atoms with Crippen LogP contribution in [-0.2, 0) is 33.3 Å². The Bertz CT molecular complexity index is 1460. The molecule has 244 valence electrons. The second-order valence-electron chi connectivity index (χ2n) is 9.91. The molecule has 0 saturated carbocycles. The quantitative estimate of drug-likeness (QED) is 0.0895. The number of halogens is 1. The van der Waals surface area contributed by atoms with Gasteiger partial charge in [-0.25, -0.2) is 9.37 Å². The average molecular weight is 630 g/mol. The van der Waals surface area contributed by atoms with Crippen LogP contribution in [0.1, 0.15) is 24.8 Å². The van der Waals surface area contributed by atoms with E-state index in [1.54, 1.807) is 19.1 Å². The molecule has 0 aliphatic rings. The number of amides is 3. The Kier molecular flexibility index (Phi) is 14.3. The number of aromatic nitrogens is 2. The number of nitrogen functional groups attached to an aromatic ring is 2. The van der Waals surface area contributed by atoms with Gasteiger partial charge in [0.25, 0.3) is 0 Å². The molecule has 0 atom stereocenters. The fourth-order valence-corrected chi connectivity index (χ4v) is 4.08. The third-order valence-corrected chi connectivity index (χ3v) is 6.57. The number of ether oxygens (including phenoxy) is 4. The second-order valence-corrected chi connectivity index (χ2v) is 9.91. The van der Waals surface area contributed by atoms with E-state index in [0.29, 0.717) is 67.2 Å². The van der Waals surface area contributed by atoms with Crippen LogP contribution in [0.15, 0.2) is 30.7 Å². The normalized spacial score (nSPS) is 11.1. The number of nitrogens with one attached hydrogen (secondary N) is 2. The SMILES string of the molecule is Cc1c(N)cncc1-c1cc2cc(NC(=O)CCNC(=O)CCOCCOCCOCCOCCC(N)=O)ncc2c(N)c1F. The topological polar surface area (TPSA) is 216 Å². The van der Waals surface area contributed by atoms with E-state index in [-0.39, 0.29) is 67.9 Å². The molecule has 45 heavy (non-hydrogen) atoms. The monoisotopic (exact) mass is 629 g/mol. The van der Waals surface area contributed by atoms with Gasteiger partial charge in [-0.05, 0) is 30.0 Å². The Morgan fingerprint density at radius 1 is 0.800 bits per heavy atom. The molecule has 3 amide bonds. The van der Waals surface area contributed by atoms with Crippen LogP contribution in [0.4, 0.5) is 21.6 Å². The van der Waals surface area contributed by atoms with E-state index in [2.05, 4.69) is 20.6 Å². The van der Waals surface area contributed by atoms with Crippen molar-refractivity contribution < 1.29 is 37.7 Å². The molecule has 0 fully saturated rings. The molecule has 15 heteroatoms. The van der Waals surface area contributed by atoms with Crippen molar-refractivity contribution in [3.05, 3.63) is 42.1 Å². The Morgan fingerprint density at radius 3 is 2.07 bits per heavy atom. The molecule has 2 heterocycles. The van der Waals surface area contributed by atoms with Gasteiger partial charge in [-0.15, -0.1) is 0 Å². The number of benzene rings is 1. The zero-order valence-electron chi connectivity index (χ0n) is 25.2. The highest BCUT2D eigenvalue weighted by atomic mass is 19.1. The maximum absolute atomic E-state index is 15.1. The number of nitrogens with zero attached hydrogens (tertiary/aromatic N) is 2. The number of carbonyl (C=O) groups excluding carboxylic acids is 3. The molecular weight excluding hydrogens is 589 g/mol. The number of hydrogen-bond donors (Lipinski definition) is 5. The molecular formula is C30H40FN7O7. The fraction of sp³-hybridized carbons (Fsp3) is 0.433. The van der Waals surface area contributed by atoms with Crippen LogP contribution in [0.5, 0.6) is 0 Å². The summed E-state index contributed by atoms with van der Waals surface area (Å²) >= 11 is 0. The number of fused-ring (bicyclic) bond motifs is 1. The van der Waals surface area contributed by atoms with Crippen LogP contribution < -0.4 is 27.8 Å². The lowest BCUT2D eigenvalue weighted by Crippen LogP contribution is -2.28. The second kappa shape index (κ2) is 18.4. The number of nitrogens with two attached hydrogens (primary N) is 3. The maximum Gasteiger partial charge on any atom is 0.227 e. The number of carbonyl (C=O) groups is 3. The van der Waals surface area contributed by atoms with Gasteiger partial charge in [-0.3, -0.25) is 19.4 Å². The largest absolute Gasteiger partial charge is 0.397 e. The summed E-state index contributed by atoms with van der Waals surface area (Å²) in [4.78, 5) is 43.3. The number of pyridine rings is 2. The molecule has 8 N–H and O–H groups in total. The summed E-state index contributed by atoms with van der Waals surface area (Å²) in [5.41, 5.74) is 18.8. The molecule has 0 spiro atoms. The van der Waals surface area contributed by atoms with Crippen LogP contribution in [0.2, 0.25) is 0 Å². The molecule has 0 unspecified atom stereocenters. The molecule has 1 aromatic carbocycles. The fourth-order valence-electron chi connectivity index (χ4n) is 4.08. The predicted molar refractivity (Wildman–Crippen MR) is 166 cm³/mol. The number of primary amides is 1. The highest BCUT2D eigenvalue weighted by Crippen LogP contribution is 2.36. The zero-order valence-corrected chi connectivity index (χ0v) is 25.2. The molecule has 0 aliphatic carbocycles. The maximum atomic E-state index is 15.1. The first-order valence-corrected chi connectivity index (χ1v) is 14.4. The highest BCUT2D eigenvalue weighted by molar-refractivity contribution is 6.00. The third-order valence-electron chi connectivity index (χ3n) is 6.57. The van der Waals surface area contributed by atoms with Crippen molar-refractivity contribution in [1.29, 1.82) is 0 Å². The Labute approximate surface area is 260 Å². The van der Waals surface area contributed by atoms with Gasteiger partial charge in [0.05, 0.1) is 70.4 Å². The van der Waals surface area contributed by atoms with E-state index in [1.165, 1.54) is 18.6 Å². The van der Waals surface area contributed by atoms with Gasteiger partial charge in [0.2, 0.25) is 17.7 Å². The highest BCUT2D eigenvalue weighted by Gasteiger charge is 2.17. The van der Waals surface area contributed by atoms with E-state index in [9.17, 15) is 14.4 Å². The van der Waals surface area contributed by atoms with Crippen molar-refractivity contribution in [2.24, 2.45) is 5.73 Å². The number of rotatable bonds is 20. The summed E-state index contributed by atoms with van der Waals surface area (Å²) in [6.07, 6.45) is 4.74. The van der Waals surface area contributed by atoms with E-state index in [4.69, 9.17) is 36.1 Å². The van der Waals surface area contributed by atoms with Crippen molar-refractivity contribution in [3.8, 4) is 11.1 Å². The standard InChI is InChI=1S/C30H40FN7O7/c1-19-22(16-35-18-24(19)32)21-14-20-15-26(37-17-23(20)30(34)29(21)31)38-28(41)2-5-36-27(40)4-7-43-9-11-45-13-12-44-10-8-42-6-3-25(33)39/h14-18H,2-13,32,34H2,1H3,(H2,33,39)(H,36,40)(H,37,38,41). The van der Waals surface area contributed by atoms with Crippen LogP contribution in [-0.4, -0.2) is 87.1 Å². The lowest BCUT2D eigenvalue weighted by Gasteiger charge is -2.13. The summed E-state index contributed by atoms with van der Waals surface area (Å²) in [5, 5.41) is 6.33.